The second kappa shape index (κ2) is 7.16. The molecule has 6 heteroatoms. The lowest BCUT2D eigenvalue weighted by Crippen LogP contribution is -2.44. The fourth-order valence-electron chi connectivity index (χ4n) is 2.36. The van der Waals surface area contributed by atoms with Crippen LogP contribution in [0.4, 0.5) is 0 Å². The number of carbonyl (C=O) groups is 1. The number of amides is 1. The normalized spacial score (nSPS) is 23.2. The van der Waals surface area contributed by atoms with Gasteiger partial charge in [-0.1, -0.05) is 12.8 Å². The Morgan fingerprint density at radius 3 is 2.83 bits per heavy atom. The van der Waals surface area contributed by atoms with Gasteiger partial charge in [0.15, 0.2) is 4.67 Å². The average molecular weight is 338 g/mol. The molecule has 2 atom stereocenters. The zero-order valence-corrected chi connectivity index (χ0v) is 12.4. The van der Waals surface area contributed by atoms with Crippen LogP contribution in [0.3, 0.4) is 0 Å². The second-order valence-corrected chi connectivity index (χ2v) is 5.28. The molecule has 2 rings (SSSR count). The number of rotatable bonds is 3. The predicted octanol–water partition coefficient (Wildman–Crippen LogP) is 2.71. The van der Waals surface area contributed by atoms with Crippen molar-refractivity contribution >= 4 is 34.2 Å². The van der Waals surface area contributed by atoms with E-state index in [4.69, 9.17) is 10.2 Å². The van der Waals surface area contributed by atoms with Gasteiger partial charge in [-0.05, 0) is 41.2 Å². The minimum Gasteiger partial charge on any atom is -0.457 e. The molecule has 4 nitrogen and oxygen atoms in total. The van der Waals surface area contributed by atoms with Crippen LogP contribution in [0.1, 0.15) is 36.0 Å². The molecule has 1 saturated carbocycles. The lowest BCUT2D eigenvalue weighted by atomic mass is 9.84. The molecular weight excluding hydrogens is 320 g/mol. The van der Waals surface area contributed by atoms with Gasteiger partial charge < -0.3 is 15.5 Å². The lowest BCUT2D eigenvalue weighted by molar-refractivity contribution is 0.0907. The maximum atomic E-state index is 12.0. The number of furan rings is 1. The summed E-state index contributed by atoms with van der Waals surface area (Å²) in [6, 6.07) is 1.88. The van der Waals surface area contributed by atoms with Crippen LogP contribution in [0.2, 0.25) is 0 Å². The monoisotopic (exact) mass is 336 g/mol. The maximum Gasteiger partial charge on any atom is 0.254 e. The molecule has 1 aromatic rings. The Bertz CT molecular complexity index is 397. The molecule has 2 unspecified atom stereocenters. The molecule has 1 fully saturated rings. The third-order valence-corrected chi connectivity index (χ3v) is 3.77. The Labute approximate surface area is 121 Å². The first-order valence-electron chi connectivity index (χ1n) is 5.95. The summed E-state index contributed by atoms with van der Waals surface area (Å²) in [5.74, 6) is 0.327. The van der Waals surface area contributed by atoms with E-state index in [-0.39, 0.29) is 24.4 Å². The fraction of sp³-hybridized carbons (Fsp3) is 0.583. The molecule has 0 bridgehead atoms. The summed E-state index contributed by atoms with van der Waals surface area (Å²) in [5.41, 5.74) is 6.29. The second-order valence-electron chi connectivity index (χ2n) is 4.50. The van der Waals surface area contributed by atoms with Gasteiger partial charge in [-0.2, -0.15) is 0 Å². The third-order valence-electron chi connectivity index (χ3n) is 3.36. The molecule has 18 heavy (non-hydrogen) atoms. The van der Waals surface area contributed by atoms with E-state index in [0.29, 0.717) is 22.7 Å². The highest BCUT2D eigenvalue weighted by molar-refractivity contribution is 9.10. The standard InChI is InChI=1S/C12H17BrN2O2.ClH/c13-11-5-9(7-17-11)12(16)15-10-4-2-1-3-8(10)6-14;/h5,7-8,10H,1-4,6,14H2,(H,15,16);1H. The highest BCUT2D eigenvalue weighted by Gasteiger charge is 2.25. The van der Waals surface area contributed by atoms with Gasteiger partial charge in [0.25, 0.3) is 5.91 Å². The van der Waals surface area contributed by atoms with Crippen molar-refractivity contribution in [3.63, 3.8) is 0 Å². The summed E-state index contributed by atoms with van der Waals surface area (Å²) in [7, 11) is 0. The first-order chi connectivity index (χ1) is 8.20. The van der Waals surface area contributed by atoms with E-state index < -0.39 is 0 Å². The van der Waals surface area contributed by atoms with Crippen molar-refractivity contribution < 1.29 is 9.21 Å². The van der Waals surface area contributed by atoms with Crippen LogP contribution in [0.25, 0.3) is 0 Å². The smallest absolute Gasteiger partial charge is 0.254 e. The van der Waals surface area contributed by atoms with Crippen LogP contribution >= 0.6 is 28.3 Å². The van der Waals surface area contributed by atoms with Crippen LogP contribution in [0, 0.1) is 5.92 Å². The summed E-state index contributed by atoms with van der Waals surface area (Å²) >= 11 is 3.18. The SMILES string of the molecule is Cl.NCC1CCCCC1NC(=O)c1coc(Br)c1. The molecule has 0 aromatic carbocycles. The number of nitrogens with two attached hydrogens (primary N) is 1. The summed E-state index contributed by atoms with van der Waals surface area (Å²) in [4.78, 5) is 12.0. The number of nitrogens with one attached hydrogen (secondary N) is 1. The molecule has 102 valence electrons. The molecule has 1 amide bonds. The van der Waals surface area contributed by atoms with Crippen molar-refractivity contribution in [3.8, 4) is 0 Å². The van der Waals surface area contributed by atoms with E-state index in [0.717, 1.165) is 19.3 Å². The van der Waals surface area contributed by atoms with Gasteiger partial charge >= 0.3 is 0 Å². The predicted molar refractivity (Wildman–Crippen MR) is 75.9 cm³/mol. The average Bonchev–Trinajstić information content (AvgIpc) is 2.77. The Balaban J connectivity index is 0.00000162. The highest BCUT2D eigenvalue weighted by atomic mass is 79.9. The van der Waals surface area contributed by atoms with Crippen LogP contribution < -0.4 is 11.1 Å². The van der Waals surface area contributed by atoms with E-state index in [1.54, 1.807) is 6.07 Å². The topological polar surface area (TPSA) is 68.3 Å². The van der Waals surface area contributed by atoms with Gasteiger partial charge in [-0.15, -0.1) is 12.4 Å². The fourth-order valence-corrected chi connectivity index (χ4v) is 2.70. The van der Waals surface area contributed by atoms with E-state index in [2.05, 4.69) is 21.2 Å². The maximum absolute atomic E-state index is 12.0. The zero-order chi connectivity index (χ0) is 12.3. The molecule has 0 radical (unpaired) electrons. The van der Waals surface area contributed by atoms with Gasteiger partial charge in [0.1, 0.15) is 6.26 Å². The van der Waals surface area contributed by atoms with Gasteiger partial charge in [0.05, 0.1) is 5.56 Å². The van der Waals surface area contributed by atoms with Gasteiger partial charge in [-0.3, -0.25) is 4.79 Å². The zero-order valence-electron chi connectivity index (χ0n) is 10.0. The van der Waals surface area contributed by atoms with Crippen LogP contribution in [-0.4, -0.2) is 18.5 Å². The largest absolute Gasteiger partial charge is 0.457 e. The summed E-state index contributed by atoms with van der Waals surface area (Å²) in [6.07, 6.45) is 5.96. The summed E-state index contributed by atoms with van der Waals surface area (Å²) < 4.78 is 5.63. The van der Waals surface area contributed by atoms with Crippen LogP contribution in [-0.2, 0) is 0 Å². The number of hydrogen-bond acceptors (Lipinski definition) is 3. The molecule has 1 aliphatic carbocycles. The Morgan fingerprint density at radius 2 is 2.22 bits per heavy atom. The van der Waals surface area contributed by atoms with Crippen LogP contribution in [0.15, 0.2) is 21.4 Å². The number of halogens is 2. The molecule has 0 aliphatic heterocycles. The van der Waals surface area contributed by atoms with Gasteiger partial charge in [0, 0.05) is 12.1 Å². The summed E-state index contributed by atoms with van der Waals surface area (Å²) in [5, 5.41) is 3.05. The third kappa shape index (κ3) is 3.73. The Morgan fingerprint density at radius 1 is 1.50 bits per heavy atom. The minimum absolute atomic E-state index is 0. The quantitative estimate of drug-likeness (QED) is 0.891. The molecule has 1 aromatic heterocycles. The van der Waals surface area contributed by atoms with E-state index >= 15 is 0 Å². The molecule has 1 heterocycles. The minimum atomic E-state index is -0.0789. The lowest BCUT2D eigenvalue weighted by Gasteiger charge is -2.31. The van der Waals surface area contributed by atoms with Gasteiger partial charge in [-0.25, -0.2) is 0 Å². The highest BCUT2D eigenvalue weighted by Crippen LogP contribution is 2.24. The van der Waals surface area contributed by atoms with E-state index in [9.17, 15) is 4.79 Å². The van der Waals surface area contributed by atoms with Crippen molar-refractivity contribution in [2.24, 2.45) is 11.7 Å². The van der Waals surface area contributed by atoms with Gasteiger partial charge in [0.2, 0.25) is 0 Å². The van der Waals surface area contributed by atoms with Crippen molar-refractivity contribution in [2.45, 2.75) is 31.7 Å². The van der Waals surface area contributed by atoms with Crippen molar-refractivity contribution in [1.29, 1.82) is 0 Å². The van der Waals surface area contributed by atoms with Crippen molar-refractivity contribution in [1.82, 2.24) is 5.32 Å². The van der Waals surface area contributed by atoms with E-state index in [1.165, 1.54) is 12.7 Å². The van der Waals surface area contributed by atoms with Crippen molar-refractivity contribution in [2.75, 3.05) is 6.54 Å². The van der Waals surface area contributed by atoms with Crippen molar-refractivity contribution in [3.05, 3.63) is 22.6 Å². The molecule has 3 N–H and O–H groups in total. The molecule has 1 aliphatic rings. The Hall–Kier alpha value is -0.520. The first-order valence-corrected chi connectivity index (χ1v) is 6.75. The van der Waals surface area contributed by atoms with E-state index in [1.807, 2.05) is 0 Å². The molecular formula is C12H18BrClN2O2. The van der Waals surface area contributed by atoms with Crippen LogP contribution in [0.5, 0.6) is 0 Å². The first kappa shape index (κ1) is 15.5. The number of carbonyl (C=O) groups excluding carboxylic acids is 1. The number of hydrogen-bond donors (Lipinski definition) is 2. The summed E-state index contributed by atoms with van der Waals surface area (Å²) in [6.45, 7) is 0.639. The molecule has 0 spiro atoms. The molecule has 0 saturated heterocycles. The Kier molecular flexibility index (Phi) is 6.18.